The van der Waals surface area contributed by atoms with Crippen LogP contribution in [0.25, 0.3) is 0 Å². The number of hydrogen-bond donors (Lipinski definition) is 1. The minimum atomic E-state index is 0.133. The van der Waals surface area contributed by atoms with Crippen LogP contribution in [0.5, 0.6) is 0 Å². The summed E-state index contributed by atoms with van der Waals surface area (Å²) in [7, 11) is 0. The Morgan fingerprint density at radius 2 is 2.00 bits per heavy atom. The maximum Gasteiger partial charge on any atom is 0.0960 e. The van der Waals surface area contributed by atoms with Crippen molar-refractivity contribution in [2.75, 3.05) is 13.2 Å². The quantitative estimate of drug-likeness (QED) is 0.777. The molecule has 0 radical (unpaired) electrons. The smallest absolute Gasteiger partial charge is 0.0960 e. The summed E-state index contributed by atoms with van der Waals surface area (Å²) in [6.45, 7) is 8.48. The van der Waals surface area contributed by atoms with Crippen LogP contribution in [0.1, 0.15) is 51.7 Å². The highest BCUT2D eigenvalue weighted by molar-refractivity contribution is 9.10. The van der Waals surface area contributed by atoms with E-state index in [2.05, 4.69) is 60.2 Å². The Hall–Kier alpha value is -0.380. The number of benzene rings is 1. The highest BCUT2D eigenvalue weighted by Crippen LogP contribution is 2.28. The first-order chi connectivity index (χ1) is 9.46. The monoisotopic (exact) mass is 339 g/mol. The molecule has 20 heavy (non-hydrogen) atoms. The summed E-state index contributed by atoms with van der Waals surface area (Å²) in [6, 6.07) is 9.09. The average Bonchev–Trinajstić information content (AvgIpc) is 3.17. The van der Waals surface area contributed by atoms with E-state index in [9.17, 15) is 0 Å². The van der Waals surface area contributed by atoms with Crippen LogP contribution in [0, 0.1) is 5.41 Å². The standard InChI is InChI=1S/C17H26BrNO/c1-17(2,3)10-11-20-16(12-19-13-8-9-13)14-6-4-5-7-15(14)18/h4-7,13,16,19H,8-12H2,1-3H3. The lowest BCUT2D eigenvalue weighted by Gasteiger charge is -2.23. The Morgan fingerprint density at radius 1 is 1.30 bits per heavy atom. The first-order valence-electron chi connectivity index (χ1n) is 7.55. The van der Waals surface area contributed by atoms with Gasteiger partial charge in [0.1, 0.15) is 0 Å². The summed E-state index contributed by atoms with van der Waals surface area (Å²) in [6.07, 6.45) is 3.83. The minimum absolute atomic E-state index is 0.133. The van der Waals surface area contributed by atoms with Crippen molar-refractivity contribution in [2.24, 2.45) is 5.41 Å². The highest BCUT2D eigenvalue weighted by Gasteiger charge is 2.23. The van der Waals surface area contributed by atoms with Gasteiger partial charge in [0.15, 0.2) is 0 Å². The second kappa shape index (κ2) is 7.06. The summed E-state index contributed by atoms with van der Waals surface area (Å²) in [5, 5.41) is 3.58. The number of hydrogen-bond acceptors (Lipinski definition) is 2. The zero-order valence-corrected chi connectivity index (χ0v) is 14.4. The third-order valence-electron chi connectivity index (χ3n) is 3.59. The van der Waals surface area contributed by atoms with Gasteiger partial charge in [0.05, 0.1) is 6.10 Å². The minimum Gasteiger partial charge on any atom is -0.372 e. The topological polar surface area (TPSA) is 21.3 Å². The van der Waals surface area contributed by atoms with Crippen LogP contribution in [-0.2, 0) is 4.74 Å². The summed E-state index contributed by atoms with van der Waals surface area (Å²) >= 11 is 3.64. The lowest BCUT2D eigenvalue weighted by atomic mass is 9.93. The predicted octanol–water partition coefficient (Wildman–Crippen LogP) is 4.70. The lowest BCUT2D eigenvalue weighted by molar-refractivity contribution is 0.0363. The second-order valence-electron chi connectivity index (χ2n) is 6.87. The van der Waals surface area contributed by atoms with Crippen molar-refractivity contribution >= 4 is 15.9 Å². The summed E-state index contributed by atoms with van der Waals surface area (Å²) in [5.41, 5.74) is 1.57. The molecule has 0 aromatic heterocycles. The molecule has 0 spiro atoms. The molecule has 2 rings (SSSR count). The Kier molecular flexibility index (Phi) is 5.65. The zero-order chi connectivity index (χ0) is 14.6. The predicted molar refractivity (Wildman–Crippen MR) is 87.9 cm³/mol. The zero-order valence-electron chi connectivity index (χ0n) is 12.8. The molecule has 2 nitrogen and oxygen atoms in total. The molecule has 0 saturated heterocycles. The Bertz CT molecular complexity index is 423. The third-order valence-corrected chi connectivity index (χ3v) is 4.31. The van der Waals surface area contributed by atoms with E-state index >= 15 is 0 Å². The number of rotatable bonds is 7. The highest BCUT2D eigenvalue weighted by atomic mass is 79.9. The van der Waals surface area contributed by atoms with Crippen molar-refractivity contribution in [2.45, 2.75) is 52.2 Å². The molecular weight excluding hydrogens is 314 g/mol. The largest absolute Gasteiger partial charge is 0.372 e. The van der Waals surface area contributed by atoms with Gasteiger partial charge in [-0.15, -0.1) is 0 Å². The van der Waals surface area contributed by atoms with Crippen LogP contribution in [-0.4, -0.2) is 19.2 Å². The van der Waals surface area contributed by atoms with Gasteiger partial charge in [0.25, 0.3) is 0 Å². The van der Waals surface area contributed by atoms with Crippen molar-refractivity contribution < 1.29 is 4.74 Å². The second-order valence-corrected chi connectivity index (χ2v) is 7.73. The molecule has 1 aliphatic carbocycles. The molecule has 3 heteroatoms. The molecule has 0 amide bonds. The van der Waals surface area contributed by atoms with Gasteiger partial charge in [-0.25, -0.2) is 0 Å². The molecule has 1 aliphatic rings. The Morgan fingerprint density at radius 3 is 2.60 bits per heavy atom. The third kappa shape index (κ3) is 5.55. The summed E-state index contributed by atoms with van der Waals surface area (Å²) in [4.78, 5) is 0. The number of ether oxygens (including phenoxy) is 1. The maximum atomic E-state index is 6.17. The average molecular weight is 340 g/mol. The van der Waals surface area contributed by atoms with Crippen molar-refractivity contribution in [1.82, 2.24) is 5.32 Å². The maximum absolute atomic E-state index is 6.17. The van der Waals surface area contributed by atoms with E-state index in [-0.39, 0.29) is 6.10 Å². The molecule has 0 bridgehead atoms. The number of halogens is 1. The van der Waals surface area contributed by atoms with Gasteiger partial charge in [-0.2, -0.15) is 0 Å². The van der Waals surface area contributed by atoms with E-state index in [1.165, 1.54) is 18.4 Å². The van der Waals surface area contributed by atoms with Crippen LogP contribution in [0.2, 0.25) is 0 Å². The van der Waals surface area contributed by atoms with Crippen molar-refractivity contribution in [3.05, 3.63) is 34.3 Å². The van der Waals surface area contributed by atoms with Gasteiger partial charge < -0.3 is 10.1 Å². The van der Waals surface area contributed by atoms with Gasteiger partial charge in [-0.05, 0) is 36.3 Å². The van der Waals surface area contributed by atoms with E-state index in [4.69, 9.17) is 4.74 Å². The van der Waals surface area contributed by atoms with E-state index in [0.717, 1.165) is 24.0 Å². The van der Waals surface area contributed by atoms with Crippen LogP contribution in [0.3, 0.4) is 0 Å². The molecule has 0 aliphatic heterocycles. The van der Waals surface area contributed by atoms with Crippen LogP contribution in [0.4, 0.5) is 0 Å². The lowest BCUT2D eigenvalue weighted by Crippen LogP contribution is -2.26. The van der Waals surface area contributed by atoms with Gasteiger partial charge in [0, 0.05) is 23.7 Å². The van der Waals surface area contributed by atoms with Gasteiger partial charge in [-0.1, -0.05) is 54.9 Å². The molecule has 1 N–H and O–H groups in total. The SMILES string of the molecule is CC(C)(C)CCOC(CNC1CC1)c1ccccc1Br. The first kappa shape index (κ1) is 16.0. The van der Waals surface area contributed by atoms with E-state index in [1.807, 2.05) is 6.07 Å². The van der Waals surface area contributed by atoms with E-state index in [1.54, 1.807) is 0 Å². The molecule has 0 heterocycles. The Labute approximate surface area is 131 Å². The van der Waals surface area contributed by atoms with Crippen LogP contribution >= 0.6 is 15.9 Å². The van der Waals surface area contributed by atoms with E-state index in [0.29, 0.717) is 11.5 Å². The number of nitrogens with one attached hydrogen (secondary N) is 1. The van der Waals surface area contributed by atoms with Crippen LogP contribution < -0.4 is 5.32 Å². The van der Waals surface area contributed by atoms with Crippen molar-refractivity contribution in [3.63, 3.8) is 0 Å². The fraction of sp³-hybridized carbons (Fsp3) is 0.647. The van der Waals surface area contributed by atoms with Gasteiger partial charge in [-0.3, -0.25) is 0 Å². The van der Waals surface area contributed by atoms with Gasteiger partial charge >= 0.3 is 0 Å². The summed E-state index contributed by atoms with van der Waals surface area (Å²) < 4.78 is 7.31. The normalized spacial score (nSPS) is 17.2. The first-order valence-corrected chi connectivity index (χ1v) is 8.34. The molecule has 1 unspecified atom stereocenters. The molecule has 112 valence electrons. The fourth-order valence-corrected chi connectivity index (χ4v) is 2.60. The molecular formula is C17H26BrNO. The fourth-order valence-electron chi connectivity index (χ4n) is 2.06. The molecule has 1 aromatic rings. The summed E-state index contributed by atoms with van der Waals surface area (Å²) in [5.74, 6) is 0. The van der Waals surface area contributed by atoms with Crippen molar-refractivity contribution in [3.8, 4) is 0 Å². The van der Waals surface area contributed by atoms with Crippen LogP contribution in [0.15, 0.2) is 28.7 Å². The van der Waals surface area contributed by atoms with E-state index < -0.39 is 0 Å². The van der Waals surface area contributed by atoms with Crippen molar-refractivity contribution in [1.29, 1.82) is 0 Å². The molecule has 1 fully saturated rings. The van der Waals surface area contributed by atoms with Gasteiger partial charge in [0.2, 0.25) is 0 Å². The molecule has 1 atom stereocenters. The molecule has 1 aromatic carbocycles. The molecule has 1 saturated carbocycles. The Balaban J connectivity index is 1.94.